The second-order valence-electron chi connectivity index (χ2n) is 5.85. The average molecular weight is 311 g/mol. The van der Waals surface area contributed by atoms with E-state index in [9.17, 15) is 0 Å². The maximum Gasteiger partial charge on any atom is 0.148 e. The van der Waals surface area contributed by atoms with Crippen LogP contribution in [-0.2, 0) is 0 Å². The SMILES string of the molecule is CC(C)C(N)C(Oc1cccc2ccccc12)c1cccs1. The van der Waals surface area contributed by atoms with Crippen LogP contribution in [0.25, 0.3) is 10.8 Å². The van der Waals surface area contributed by atoms with Gasteiger partial charge in [-0.05, 0) is 28.8 Å². The first-order chi connectivity index (χ1) is 10.7. The lowest BCUT2D eigenvalue weighted by Crippen LogP contribution is -2.36. The molecule has 2 unspecified atom stereocenters. The van der Waals surface area contributed by atoms with Gasteiger partial charge in [0.2, 0.25) is 0 Å². The minimum Gasteiger partial charge on any atom is -0.483 e. The van der Waals surface area contributed by atoms with E-state index in [2.05, 4.69) is 43.5 Å². The number of ether oxygens (including phenoxy) is 1. The van der Waals surface area contributed by atoms with Gasteiger partial charge in [0, 0.05) is 16.3 Å². The summed E-state index contributed by atoms with van der Waals surface area (Å²) in [5, 5.41) is 4.38. The van der Waals surface area contributed by atoms with Crippen LogP contribution in [0.15, 0.2) is 60.0 Å². The van der Waals surface area contributed by atoms with Gasteiger partial charge in [-0.15, -0.1) is 11.3 Å². The van der Waals surface area contributed by atoms with Gasteiger partial charge in [0.15, 0.2) is 0 Å². The van der Waals surface area contributed by atoms with E-state index in [-0.39, 0.29) is 12.1 Å². The Labute approximate surface area is 135 Å². The second kappa shape index (κ2) is 6.51. The summed E-state index contributed by atoms with van der Waals surface area (Å²) in [6.07, 6.45) is -0.120. The van der Waals surface area contributed by atoms with Crippen molar-refractivity contribution in [1.29, 1.82) is 0 Å². The highest BCUT2D eigenvalue weighted by Crippen LogP contribution is 2.33. The van der Waals surface area contributed by atoms with Gasteiger partial charge in [0.1, 0.15) is 11.9 Å². The molecule has 0 radical (unpaired) electrons. The van der Waals surface area contributed by atoms with Crippen LogP contribution >= 0.6 is 11.3 Å². The molecule has 1 aromatic heterocycles. The molecule has 0 aliphatic carbocycles. The van der Waals surface area contributed by atoms with Crippen LogP contribution in [0.5, 0.6) is 5.75 Å². The summed E-state index contributed by atoms with van der Waals surface area (Å²) in [6.45, 7) is 4.27. The zero-order valence-corrected chi connectivity index (χ0v) is 13.7. The van der Waals surface area contributed by atoms with Crippen molar-refractivity contribution in [1.82, 2.24) is 0 Å². The third kappa shape index (κ3) is 3.01. The zero-order valence-electron chi connectivity index (χ0n) is 12.9. The summed E-state index contributed by atoms with van der Waals surface area (Å²) in [5.74, 6) is 1.25. The Hall–Kier alpha value is -1.84. The largest absolute Gasteiger partial charge is 0.483 e. The smallest absolute Gasteiger partial charge is 0.148 e. The number of hydrogen-bond donors (Lipinski definition) is 1. The molecule has 2 nitrogen and oxygen atoms in total. The molecule has 0 saturated heterocycles. The van der Waals surface area contributed by atoms with Gasteiger partial charge in [0.25, 0.3) is 0 Å². The fourth-order valence-electron chi connectivity index (χ4n) is 2.56. The quantitative estimate of drug-likeness (QED) is 0.719. The van der Waals surface area contributed by atoms with Crippen molar-refractivity contribution in [3.8, 4) is 5.75 Å². The molecule has 3 rings (SSSR count). The lowest BCUT2D eigenvalue weighted by molar-refractivity contribution is 0.156. The summed E-state index contributed by atoms with van der Waals surface area (Å²) in [6, 6.07) is 18.5. The molecular weight excluding hydrogens is 290 g/mol. The summed E-state index contributed by atoms with van der Waals surface area (Å²) in [5.41, 5.74) is 6.43. The molecule has 0 aliphatic heterocycles. The predicted octanol–water partition coefficient (Wildman–Crippen LogP) is 5.00. The molecular formula is C19H21NOS. The molecule has 1 heterocycles. The van der Waals surface area contributed by atoms with Gasteiger partial charge >= 0.3 is 0 Å². The highest BCUT2D eigenvalue weighted by molar-refractivity contribution is 7.10. The topological polar surface area (TPSA) is 35.2 Å². The van der Waals surface area contributed by atoms with Gasteiger partial charge in [-0.1, -0.05) is 56.3 Å². The molecule has 22 heavy (non-hydrogen) atoms. The Bertz CT molecular complexity index is 731. The molecule has 0 spiro atoms. The molecule has 3 heteroatoms. The molecule has 2 N–H and O–H groups in total. The van der Waals surface area contributed by atoms with Crippen LogP contribution in [0.4, 0.5) is 0 Å². The van der Waals surface area contributed by atoms with Crippen molar-refractivity contribution in [2.24, 2.45) is 11.7 Å². The number of benzene rings is 2. The molecule has 0 fully saturated rings. The summed E-state index contributed by atoms with van der Waals surface area (Å²) >= 11 is 1.70. The zero-order chi connectivity index (χ0) is 15.5. The Morgan fingerprint density at radius 1 is 0.955 bits per heavy atom. The van der Waals surface area contributed by atoms with Gasteiger partial charge in [-0.2, -0.15) is 0 Å². The lowest BCUT2D eigenvalue weighted by atomic mass is 9.98. The Morgan fingerprint density at radius 2 is 1.73 bits per heavy atom. The standard InChI is InChI=1S/C19H21NOS/c1-13(2)18(20)19(17-11-6-12-22-17)21-16-10-5-8-14-7-3-4-9-15(14)16/h3-13,18-19H,20H2,1-2H3. The van der Waals surface area contributed by atoms with E-state index in [1.54, 1.807) is 11.3 Å². The first kappa shape index (κ1) is 15.1. The predicted molar refractivity (Wildman–Crippen MR) is 94.4 cm³/mol. The van der Waals surface area contributed by atoms with Gasteiger partial charge in [-0.3, -0.25) is 0 Å². The minimum atomic E-state index is -0.120. The van der Waals surface area contributed by atoms with E-state index in [0.717, 1.165) is 11.1 Å². The number of fused-ring (bicyclic) bond motifs is 1. The second-order valence-corrected chi connectivity index (χ2v) is 6.83. The van der Waals surface area contributed by atoms with Crippen LogP contribution in [0.2, 0.25) is 0 Å². The average Bonchev–Trinajstić information content (AvgIpc) is 3.06. The number of rotatable bonds is 5. The third-order valence-electron chi connectivity index (χ3n) is 3.95. The minimum absolute atomic E-state index is 0.0439. The fraction of sp³-hybridized carbons (Fsp3) is 0.263. The normalized spacial score (nSPS) is 14.2. The van der Waals surface area contributed by atoms with E-state index in [4.69, 9.17) is 10.5 Å². The van der Waals surface area contributed by atoms with E-state index in [1.807, 2.05) is 30.3 Å². The first-order valence-electron chi connectivity index (χ1n) is 7.60. The van der Waals surface area contributed by atoms with Gasteiger partial charge < -0.3 is 10.5 Å². The number of hydrogen-bond acceptors (Lipinski definition) is 3. The van der Waals surface area contributed by atoms with Crippen LogP contribution in [0.1, 0.15) is 24.8 Å². The summed E-state index contributed by atoms with van der Waals surface area (Å²) in [4.78, 5) is 1.18. The maximum absolute atomic E-state index is 6.43. The molecule has 0 aliphatic rings. The van der Waals surface area contributed by atoms with Crippen molar-refractivity contribution >= 4 is 22.1 Å². The lowest BCUT2D eigenvalue weighted by Gasteiger charge is -2.27. The Kier molecular flexibility index (Phi) is 4.46. The molecule has 0 amide bonds. The Balaban J connectivity index is 1.99. The number of thiophene rings is 1. The van der Waals surface area contributed by atoms with Crippen molar-refractivity contribution in [2.75, 3.05) is 0 Å². The van der Waals surface area contributed by atoms with Crippen LogP contribution in [0, 0.1) is 5.92 Å². The van der Waals surface area contributed by atoms with E-state index in [1.165, 1.54) is 10.3 Å². The first-order valence-corrected chi connectivity index (χ1v) is 8.48. The molecule has 2 aromatic carbocycles. The van der Waals surface area contributed by atoms with E-state index < -0.39 is 0 Å². The van der Waals surface area contributed by atoms with Gasteiger partial charge in [0.05, 0.1) is 0 Å². The van der Waals surface area contributed by atoms with Crippen LogP contribution in [0.3, 0.4) is 0 Å². The molecule has 0 saturated carbocycles. The van der Waals surface area contributed by atoms with Gasteiger partial charge in [-0.25, -0.2) is 0 Å². The Morgan fingerprint density at radius 3 is 2.45 bits per heavy atom. The molecule has 3 aromatic rings. The van der Waals surface area contributed by atoms with Crippen molar-refractivity contribution in [2.45, 2.75) is 26.0 Å². The van der Waals surface area contributed by atoms with Crippen LogP contribution in [-0.4, -0.2) is 6.04 Å². The summed E-state index contributed by atoms with van der Waals surface area (Å²) < 4.78 is 6.38. The highest BCUT2D eigenvalue weighted by Gasteiger charge is 2.26. The summed E-state index contributed by atoms with van der Waals surface area (Å²) in [7, 11) is 0. The molecule has 0 bridgehead atoms. The van der Waals surface area contributed by atoms with Crippen molar-refractivity contribution < 1.29 is 4.74 Å². The third-order valence-corrected chi connectivity index (χ3v) is 4.88. The van der Waals surface area contributed by atoms with E-state index >= 15 is 0 Å². The monoisotopic (exact) mass is 311 g/mol. The van der Waals surface area contributed by atoms with Crippen molar-refractivity contribution in [3.63, 3.8) is 0 Å². The molecule has 2 atom stereocenters. The van der Waals surface area contributed by atoms with E-state index in [0.29, 0.717) is 5.92 Å². The molecule has 114 valence electrons. The number of nitrogens with two attached hydrogens (primary N) is 1. The fourth-order valence-corrected chi connectivity index (χ4v) is 3.38. The maximum atomic E-state index is 6.43. The van der Waals surface area contributed by atoms with Crippen LogP contribution < -0.4 is 10.5 Å². The van der Waals surface area contributed by atoms with Crippen molar-refractivity contribution in [3.05, 3.63) is 64.9 Å². The highest BCUT2D eigenvalue weighted by atomic mass is 32.1.